The number of benzene rings is 2. The smallest absolute Gasteiger partial charge is 0.338 e. The molecule has 0 fully saturated rings. The highest BCUT2D eigenvalue weighted by atomic mass is 32.1. The number of carbonyl (C=O) groups is 1. The number of aryl methyl sites for hydroxylation is 1. The normalized spacial score (nSPS) is 11.9. The Morgan fingerprint density at radius 1 is 1.00 bits per heavy atom. The van der Waals surface area contributed by atoms with E-state index in [-0.39, 0.29) is 5.97 Å². The molecule has 8 heteroatoms. The minimum atomic E-state index is -0.354. The number of ether oxygens (including phenoxy) is 1. The first-order chi connectivity index (χ1) is 18.0. The largest absolute Gasteiger partial charge is 0.465 e. The lowest BCUT2D eigenvalue weighted by atomic mass is 10.0. The first-order valence-electron chi connectivity index (χ1n) is 12.6. The summed E-state index contributed by atoms with van der Waals surface area (Å²) in [6.07, 6.45) is 5.24. The van der Waals surface area contributed by atoms with Crippen LogP contribution in [0.3, 0.4) is 0 Å². The summed E-state index contributed by atoms with van der Waals surface area (Å²) < 4.78 is 6.09. The van der Waals surface area contributed by atoms with Gasteiger partial charge < -0.3 is 9.64 Å². The monoisotopic (exact) mass is 532 g/mol. The van der Waals surface area contributed by atoms with Gasteiger partial charge in [0.25, 0.3) is 0 Å². The fourth-order valence-corrected chi connectivity index (χ4v) is 6.00. The van der Waals surface area contributed by atoms with Gasteiger partial charge in [-0.05, 0) is 74.2 Å². The zero-order valence-electron chi connectivity index (χ0n) is 21.7. The molecule has 2 aromatic heterocycles. The Bertz CT molecular complexity index is 1350. The van der Waals surface area contributed by atoms with Gasteiger partial charge in [0.05, 0.1) is 23.1 Å². The molecule has 4 aromatic rings. The van der Waals surface area contributed by atoms with Gasteiger partial charge in [0.2, 0.25) is 5.13 Å². The standard InChI is InChI=1S/C29H32N4O2S2/c1-5-8-9-20-10-12-21(13-11-20)25(28(34)35-4)18-24-19-26-27(36-24)30-29(37-26)32-31-22-14-16-23(17-15-22)33(6-2)7-3/h10-19H,5-9H2,1-4H3/b25-18-,32-31+. The fourth-order valence-electron chi connectivity index (χ4n) is 4.02. The zero-order chi connectivity index (χ0) is 26.2. The molecule has 192 valence electrons. The van der Waals surface area contributed by atoms with Crippen LogP contribution < -0.4 is 4.90 Å². The summed E-state index contributed by atoms with van der Waals surface area (Å²) in [6, 6.07) is 18.3. The lowest BCUT2D eigenvalue weighted by Crippen LogP contribution is -2.21. The summed E-state index contributed by atoms with van der Waals surface area (Å²) in [5, 5.41) is 9.32. The molecular weight excluding hydrogens is 500 g/mol. The lowest BCUT2D eigenvalue weighted by molar-refractivity contribution is -0.133. The second kappa shape index (κ2) is 12.7. The third-order valence-electron chi connectivity index (χ3n) is 6.10. The van der Waals surface area contributed by atoms with Crippen molar-refractivity contribution < 1.29 is 9.53 Å². The van der Waals surface area contributed by atoms with Crippen molar-refractivity contribution in [3.05, 3.63) is 70.6 Å². The van der Waals surface area contributed by atoms with E-state index in [9.17, 15) is 4.79 Å². The van der Waals surface area contributed by atoms with Crippen LogP contribution in [0.5, 0.6) is 0 Å². The third kappa shape index (κ3) is 6.70. The van der Waals surface area contributed by atoms with Crippen LogP contribution in [0.25, 0.3) is 21.2 Å². The Balaban J connectivity index is 1.51. The quantitative estimate of drug-likeness (QED) is 0.110. The Hall–Kier alpha value is -3.36. The predicted octanol–water partition coefficient (Wildman–Crippen LogP) is 8.68. The summed E-state index contributed by atoms with van der Waals surface area (Å²) in [6.45, 7) is 8.42. The maximum atomic E-state index is 12.6. The van der Waals surface area contributed by atoms with E-state index in [1.54, 1.807) is 0 Å². The Labute approximate surface area is 226 Å². The second-order valence-corrected chi connectivity index (χ2v) is 10.6. The number of aromatic nitrogens is 1. The van der Waals surface area contributed by atoms with Crippen LogP contribution >= 0.6 is 22.7 Å². The number of esters is 1. The van der Waals surface area contributed by atoms with Gasteiger partial charge in [-0.2, -0.15) is 0 Å². The molecule has 4 rings (SSSR count). The molecule has 6 nitrogen and oxygen atoms in total. The third-order valence-corrected chi connectivity index (χ3v) is 8.09. The molecule has 0 saturated carbocycles. The lowest BCUT2D eigenvalue weighted by Gasteiger charge is -2.20. The van der Waals surface area contributed by atoms with E-state index in [0.29, 0.717) is 10.7 Å². The van der Waals surface area contributed by atoms with Gasteiger partial charge in [0.15, 0.2) is 0 Å². The molecule has 0 N–H and O–H groups in total. The molecule has 0 atom stereocenters. The summed E-state index contributed by atoms with van der Waals surface area (Å²) in [5.41, 5.74) is 4.63. The number of hydrogen-bond acceptors (Lipinski definition) is 8. The van der Waals surface area contributed by atoms with E-state index in [2.05, 4.69) is 65.1 Å². The van der Waals surface area contributed by atoms with Crippen LogP contribution in [-0.4, -0.2) is 31.2 Å². The van der Waals surface area contributed by atoms with Crippen LogP contribution in [0, 0.1) is 0 Å². The number of anilines is 1. The van der Waals surface area contributed by atoms with Crippen LogP contribution in [-0.2, 0) is 16.0 Å². The minimum absolute atomic E-state index is 0.354. The molecular formula is C29H32N4O2S2. The van der Waals surface area contributed by atoms with Crippen molar-refractivity contribution in [3.8, 4) is 0 Å². The van der Waals surface area contributed by atoms with Gasteiger partial charge in [-0.1, -0.05) is 48.9 Å². The second-order valence-electron chi connectivity index (χ2n) is 8.55. The number of nitrogens with zero attached hydrogens (tertiary/aromatic N) is 4. The highest BCUT2D eigenvalue weighted by molar-refractivity contribution is 7.29. The van der Waals surface area contributed by atoms with Crippen LogP contribution in [0.1, 0.15) is 49.6 Å². The predicted molar refractivity (Wildman–Crippen MR) is 157 cm³/mol. The average Bonchev–Trinajstić information content (AvgIpc) is 3.49. The molecule has 0 spiro atoms. The first-order valence-corrected chi connectivity index (χ1v) is 14.2. The summed E-state index contributed by atoms with van der Waals surface area (Å²) in [4.78, 5) is 21.3. The zero-order valence-corrected chi connectivity index (χ0v) is 23.4. The number of thiazole rings is 1. The fraction of sp³-hybridized carbons (Fsp3) is 0.310. The molecule has 2 aromatic carbocycles. The number of azo groups is 1. The van der Waals surface area contributed by atoms with Crippen LogP contribution in [0.15, 0.2) is 64.8 Å². The van der Waals surface area contributed by atoms with Gasteiger partial charge in [-0.3, -0.25) is 0 Å². The number of hydrogen-bond donors (Lipinski definition) is 0. The van der Waals surface area contributed by atoms with E-state index in [4.69, 9.17) is 4.74 Å². The molecule has 0 bridgehead atoms. The molecule has 0 aliphatic rings. The van der Waals surface area contributed by atoms with Crippen molar-refractivity contribution >= 4 is 66.3 Å². The summed E-state index contributed by atoms with van der Waals surface area (Å²) in [5.74, 6) is -0.354. The topological polar surface area (TPSA) is 67.2 Å². The number of rotatable bonds is 11. The first kappa shape index (κ1) is 26.7. The molecule has 0 aliphatic carbocycles. The maximum Gasteiger partial charge on any atom is 0.338 e. The van der Waals surface area contributed by atoms with Crippen molar-refractivity contribution in [1.82, 2.24) is 4.98 Å². The molecule has 2 heterocycles. The van der Waals surface area contributed by atoms with E-state index < -0.39 is 0 Å². The summed E-state index contributed by atoms with van der Waals surface area (Å²) >= 11 is 3.01. The molecule has 0 saturated heterocycles. The average molecular weight is 533 g/mol. The van der Waals surface area contributed by atoms with Gasteiger partial charge >= 0.3 is 5.97 Å². The number of unbranched alkanes of at least 4 members (excludes halogenated alkanes) is 1. The van der Waals surface area contributed by atoms with Gasteiger partial charge in [-0.25, -0.2) is 9.78 Å². The number of thiophene rings is 1. The van der Waals surface area contributed by atoms with Crippen molar-refractivity contribution in [2.45, 2.75) is 40.0 Å². The van der Waals surface area contributed by atoms with E-state index in [1.807, 2.05) is 36.4 Å². The highest BCUT2D eigenvalue weighted by Crippen LogP contribution is 2.36. The van der Waals surface area contributed by atoms with Gasteiger partial charge in [0.1, 0.15) is 4.83 Å². The van der Waals surface area contributed by atoms with E-state index >= 15 is 0 Å². The maximum absolute atomic E-state index is 12.6. The number of methoxy groups -OCH3 is 1. The molecule has 0 amide bonds. The number of carbonyl (C=O) groups excluding carboxylic acids is 1. The molecule has 37 heavy (non-hydrogen) atoms. The number of fused-ring (bicyclic) bond motifs is 1. The molecule has 0 radical (unpaired) electrons. The Morgan fingerprint density at radius 3 is 2.35 bits per heavy atom. The van der Waals surface area contributed by atoms with Gasteiger partial charge in [0, 0.05) is 23.7 Å². The highest BCUT2D eigenvalue weighted by Gasteiger charge is 2.15. The van der Waals surface area contributed by atoms with Crippen molar-refractivity contribution in [3.63, 3.8) is 0 Å². The molecule has 0 unspecified atom stereocenters. The van der Waals surface area contributed by atoms with Gasteiger partial charge in [-0.15, -0.1) is 21.6 Å². The Morgan fingerprint density at radius 2 is 1.73 bits per heavy atom. The molecule has 0 aliphatic heterocycles. The van der Waals surface area contributed by atoms with Crippen molar-refractivity contribution in [1.29, 1.82) is 0 Å². The van der Waals surface area contributed by atoms with Crippen molar-refractivity contribution in [2.75, 3.05) is 25.1 Å². The Kier molecular flexibility index (Phi) is 9.19. The van der Waals surface area contributed by atoms with Crippen molar-refractivity contribution in [2.24, 2.45) is 10.2 Å². The van der Waals surface area contributed by atoms with Crippen LogP contribution in [0.4, 0.5) is 16.5 Å². The minimum Gasteiger partial charge on any atom is -0.465 e. The van der Waals surface area contributed by atoms with E-state index in [1.165, 1.54) is 41.0 Å². The van der Waals surface area contributed by atoms with Crippen LogP contribution in [0.2, 0.25) is 0 Å². The van der Waals surface area contributed by atoms with E-state index in [0.717, 1.165) is 58.0 Å². The summed E-state index contributed by atoms with van der Waals surface area (Å²) in [7, 11) is 1.41. The SMILES string of the molecule is CCCCc1ccc(/C(=C/c2cc3sc(/N=N/c4ccc(N(CC)CC)cc4)nc3s2)C(=O)OC)cc1.